The second-order valence-corrected chi connectivity index (χ2v) is 17.3. The average Bonchev–Trinajstić information content (AvgIpc) is 2.96. The molecule has 1 rings (SSSR count). The SMILES string of the molecule is CCCCCCCC(=O)OC[C@H](CSP(=O)(O)O[C@H]1[C@H](O)[C@@H](O)[C@H](OP(=O)(O)O)[C@@H](OP(=O)(O)O)[C@H]1O)OC(=O)CCCCCCC. The van der Waals surface area contributed by atoms with Crippen LogP contribution in [-0.4, -0.2) is 107 Å². The third-order valence-corrected chi connectivity index (χ3v) is 11.0. The highest BCUT2D eigenvalue weighted by Gasteiger charge is 2.56. The summed E-state index contributed by atoms with van der Waals surface area (Å²) >= 11 is 0.133. The number of rotatable bonds is 24. The van der Waals surface area contributed by atoms with Crippen LogP contribution in [0.1, 0.15) is 90.9 Å². The Balaban J connectivity index is 2.98. The molecule has 0 heterocycles. The molecule has 278 valence electrons. The Kier molecular flexibility index (Phi) is 20.6. The van der Waals surface area contributed by atoms with Crippen molar-refractivity contribution in [3.05, 3.63) is 0 Å². The highest BCUT2D eigenvalue weighted by atomic mass is 32.7. The number of carbonyl (C=O) groups is 2. The van der Waals surface area contributed by atoms with Gasteiger partial charge in [0.15, 0.2) is 0 Å². The molecule has 0 saturated heterocycles. The van der Waals surface area contributed by atoms with Gasteiger partial charge in [-0.25, -0.2) is 13.7 Å². The maximum atomic E-state index is 13.0. The maximum absolute atomic E-state index is 13.0. The molecule has 0 aliphatic heterocycles. The highest BCUT2D eigenvalue weighted by Crippen LogP contribution is 2.58. The Morgan fingerprint density at radius 2 is 1.09 bits per heavy atom. The smallest absolute Gasteiger partial charge is 0.462 e. The third kappa shape index (κ3) is 18.9. The van der Waals surface area contributed by atoms with Crippen LogP contribution in [0.3, 0.4) is 0 Å². The fraction of sp³-hybridized carbons (Fsp3) is 0.920. The summed E-state index contributed by atoms with van der Waals surface area (Å²) in [4.78, 5) is 71.9. The van der Waals surface area contributed by atoms with Gasteiger partial charge in [0.25, 0.3) is 0 Å². The Hall–Kier alpha value is -0.460. The van der Waals surface area contributed by atoms with Gasteiger partial charge < -0.3 is 49.3 Å². The summed E-state index contributed by atoms with van der Waals surface area (Å²) in [5, 5.41) is 31.5. The number of esters is 2. The van der Waals surface area contributed by atoms with E-state index < -0.39 is 89.5 Å². The number of ether oxygens (including phenoxy) is 2. The predicted octanol–water partition coefficient (Wildman–Crippen LogP) is 2.43. The van der Waals surface area contributed by atoms with Crippen LogP contribution in [0, 0.1) is 0 Å². The Bertz CT molecular complexity index is 1090. The number of phosphoric ester groups is 2. The van der Waals surface area contributed by atoms with E-state index in [1.54, 1.807) is 0 Å². The lowest BCUT2D eigenvalue weighted by molar-refractivity contribution is -0.210. The van der Waals surface area contributed by atoms with Gasteiger partial charge in [0.05, 0.1) is 0 Å². The first-order valence-electron chi connectivity index (χ1n) is 15.3. The van der Waals surface area contributed by atoms with Crippen molar-refractivity contribution < 1.29 is 86.1 Å². The molecule has 0 aromatic heterocycles. The predicted molar refractivity (Wildman–Crippen MR) is 167 cm³/mol. The van der Waals surface area contributed by atoms with E-state index in [1.807, 2.05) is 6.92 Å². The molecule has 47 heavy (non-hydrogen) atoms. The molecule has 1 saturated carbocycles. The summed E-state index contributed by atoms with van der Waals surface area (Å²) in [7, 11) is -11.0. The zero-order valence-electron chi connectivity index (χ0n) is 26.4. The minimum absolute atomic E-state index is 0.0424. The van der Waals surface area contributed by atoms with Crippen molar-refractivity contribution in [2.45, 2.75) is 134 Å². The lowest BCUT2D eigenvalue weighted by atomic mass is 9.85. The number of phosphoric acid groups is 2. The second-order valence-electron chi connectivity index (χ2n) is 11.1. The van der Waals surface area contributed by atoms with E-state index >= 15 is 0 Å². The van der Waals surface area contributed by atoms with Crippen molar-refractivity contribution in [2.75, 3.05) is 12.4 Å². The summed E-state index contributed by atoms with van der Waals surface area (Å²) in [5.74, 6) is -1.71. The summed E-state index contributed by atoms with van der Waals surface area (Å²) in [6.45, 7) is -1.37. The van der Waals surface area contributed by atoms with E-state index in [-0.39, 0.29) is 24.2 Å². The molecule has 8 atom stereocenters. The topological polar surface area (TPSA) is 293 Å². The van der Waals surface area contributed by atoms with Crippen molar-refractivity contribution >= 4 is 45.8 Å². The van der Waals surface area contributed by atoms with Crippen LogP contribution in [0.25, 0.3) is 0 Å². The summed E-state index contributed by atoms with van der Waals surface area (Å²) in [6, 6.07) is 0. The zero-order valence-corrected chi connectivity index (χ0v) is 29.9. The van der Waals surface area contributed by atoms with Gasteiger partial charge in [0.2, 0.25) is 0 Å². The Labute approximate surface area is 277 Å². The zero-order chi connectivity index (χ0) is 35.8. The van der Waals surface area contributed by atoms with Crippen LogP contribution in [0.15, 0.2) is 0 Å². The van der Waals surface area contributed by atoms with Crippen LogP contribution in [0.4, 0.5) is 0 Å². The average molecular weight is 763 g/mol. The van der Waals surface area contributed by atoms with Gasteiger partial charge in [-0.1, -0.05) is 65.2 Å². The van der Waals surface area contributed by atoms with Crippen molar-refractivity contribution in [2.24, 2.45) is 0 Å². The largest absolute Gasteiger partial charge is 0.470 e. The number of aliphatic hydroxyl groups is 3. The lowest BCUT2D eigenvalue weighted by Gasteiger charge is -2.44. The first kappa shape index (κ1) is 44.6. The highest BCUT2D eigenvalue weighted by molar-refractivity contribution is 8.54. The summed E-state index contributed by atoms with van der Waals surface area (Å²) in [6.07, 6.45) is -6.96. The van der Waals surface area contributed by atoms with Crippen molar-refractivity contribution in [3.63, 3.8) is 0 Å². The van der Waals surface area contributed by atoms with Gasteiger partial charge in [0.1, 0.15) is 49.3 Å². The molecule has 1 fully saturated rings. The standard InChI is InChI=1S/C25H49O18P3S/c1-3-5-7-9-11-13-18(26)39-15-17(40-19(27)14-12-10-8-6-4-2)16-47-46(37,38)43-23-20(28)21(29)24(41-44(31,32)33)25(22(23)30)42-45(34,35)36/h17,20-25,28-30H,3-16H2,1-2H3,(H,37,38)(H2,31,32,33)(H2,34,35,36)/t17-,20-,21-,22+,23+,24+,25+/m1/s1. The van der Waals surface area contributed by atoms with Crippen LogP contribution in [0.2, 0.25) is 0 Å². The number of carbonyl (C=O) groups excluding carboxylic acids is 2. The van der Waals surface area contributed by atoms with E-state index in [4.69, 9.17) is 23.8 Å². The van der Waals surface area contributed by atoms with Crippen molar-refractivity contribution in [3.8, 4) is 0 Å². The molecule has 18 nitrogen and oxygen atoms in total. The molecular formula is C25H49O18P3S. The van der Waals surface area contributed by atoms with Gasteiger partial charge in [-0.05, 0) is 24.2 Å². The molecular weight excluding hydrogens is 713 g/mol. The summed E-state index contributed by atoms with van der Waals surface area (Å²) < 4.78 is 60.0. The molecule has 1 aliphatic rings. The first-order valence-corrected chi connectivity index (χ1v) is 21.6. The minimum atomic E-state index is -5.55. The molecule has 0 aromatic carbocycles. The fourth-order valence-electron chi connectivity index (χ4n) is 4.58. The molecule has 1 unspecified atom stereocenters. The van der Waals surface area contributed by atoms with Gasteiger partial charge in [-0.15, -0.1) is 0 Å². The molecule has 1 aliphatic carbocycles. The van der Waals surface area contributed by atoms with Gasteiger partial charge in [-0.2, -0.15) is 0 Å². The Morgan fingerprint density at radius 3 is 1.57 bits per heavy atom. The molecule has 0 radical (unpaired) electrons. The number of hydrogen-bond donors (Lipinski definition) is 8. The normalized spacial score (nSPS) is 25.6. The van der Waals surface area contributed by atoms with Crippen molar-refractivity contribution in [1.29, 1.82) is 0 Å². The quantitative estimate of drug-likeness (QED) is 0.0398. The molecule has 22 heteroatoms. The number of hydrogen-bond acceptors (Lipinski definition) is 14. The number of aliphatic hydroxyl groups excluding tert-OH is 3. The van der Waals surface area contributed by atoms with E-state index in [0.29, 0.717) is 12.8 Å². The van der Waals surface area contributed by atoms with Gasteiger partial charge >= 0.3 is 34.4 Å². The molecule has 0 aromatic rings. The molecule has 0 spiro atoms. The van der Waals surface area contributed by atoms with Crippen LogP contribution < -0.4 is 0 Å². The third-order valence-electron chi connectivity index (χ3n) is 6.91. The number of unbranched alkanes of at least 4 members (excludes halogenated alkanes) is 8. The van der Waals surface area contributed by atoms with Crippen LogP contribution in [-0.2, 0) is 46.3 Å². The van der Waals surface area contributed by atoms with Gasteiger partial charge in [-0.3, -0.25) is 23.2 Å². The molecule has 0 amide bonds. The summed E-state index contributed by atoms with van der Waals surface area (Å²) in [5.41, 5.74) is 0. The van der Waals surface area contributed by atoms with Crippen molar-refractivity contribution in [1.82, 2.24) is 0 Å². The lowest BCUT2D eigenvalue weighted by Crippen LogP contribution is -2.65. The Morgan fingerprint density at radius 1 is 0.638 bits per heavy atom. The minimum Gasteiger partial charge on any atom is -0.462 e. The van der Waals surface area contributed by atoms with Crippen LogP contribution >= 0.6 is 33.8 Å². The van der Waals surface area contributed by atoms with Gasteiger partial charge in [0, 0.05) is 18.6 Å². The fourth-order valence-corrected chi connectivity index (χ4v) is 8.38. The van der Waals surface area contributed by atoms with E-state index in [2.05, 4.69) is 16.0 Å². The second kappa shape index (κ2) is 21.7. The van der Waals surface area contributed by atoms with E-state index in [0.717, 1.165) is 51.4 Å². The van der Waals surface area contributed by atoms with E-state index in [9.17, 15) is 53.3 Å². The van der Waals surface area contributed by atoms with E-state index in [1.165, 1.54) is 0 Å². The first-order chi connectivity index (χ1) is 21.8. The molecule has 0 bridgehead atoms. The maximum Gasteiger partial charge on any atom is 0.470 e. The van der Waals surface area contributed by atoms with Crippen LogP contribution in [0.5, 0.6) is 0 Å². The monoisotopic (exact) mass is 762 g/mol. The molecule has 8 N–H and O–H groups in total.